The molecule has 11 rings (SSSR count). The van der Waals surface area contributed by atoms with Crippen molar-refractivity contribution >= 4 is 27.8 Å². The van der Waals surface area contributed by atoms with Crippen LogP contribution in [0.2, 0.25) is 0 Å². The van der Waals surface area contributed by atoms with Gasteiger partial charge in [0.1, 0.15) is 0 Å². The summed E-state index contributed by atoms with van der Waals surface area (Å²) in [5.41, 5.74) is 21.6. The molecule has 9 aromatic rings. The van der Waals surface area contributed by atoms with Crippen molar-refractivity contribution in [3.05, 3.63) is 222 Å². The molecule has 1 nitrogen and oxygen atoms in total. The van der Waals surface area contributed by atoms with Crippen LogP contribution >= 0.6 is 0 Å². The van der Waals surface area contributed by atoms with Crippen LogP contribution < -0.4 is 4.90 Å². The Bertz CT molecular complexity index is 3060. The first kappa shape index (κ1) is 35.2. The van der Waals surface area contributed by atoms with Crippen molar-refractivity contribution in [2.75, 3.05) is 4.90 Å². The lowest BCUT2D eigenvalue weighted by molar-refractivity contribution is 0.660. The number of hydrogen-bond donors (Lipinski definition) is 0. The van der Waals surface area contributed by atoms with E-state index >= 15 is 0 Å². The Balaban J connectivity index is 0.981. The highest BCUT2D eigenvalue weighted by molar-refractivity contribution is 6.08. The molecule has 0 spiro atoms. The Kier molecular flexibility index (Phi) is 7.94. The van der Waals surface area contributed by atoms with E-state index in [-0.39, 0.29) is 10.8 Å². The van der Waals surface area contributed by atoms with Gasteiger partial charge in [0, 0.05) is 27.9 Å². The fraction of sp³-hybridized carbons (Fsp3) is 0.103. The molecule has 0 radical (unpaired) electrons. The molecule has 0 saturated heterocycles. The second-order valence-electron chi connectivity index (χ2n) is 17.3. The molecule has 0 aromatic heterocycles. The van der Waals surface area contributed by atoms with Gasteiger partial charge in [-0.05, 0) is 131 Å². The zero-order chi connectivity index (χ0) is 39.9. The third-order valence-corrected chi connectivity index (χ3v) is 13.3. The van der Waals surface area contributed by atoms with Crippen molar-refractivity contribution in [2.24, 2.45) is 0 Å². The standard InChI is InChI=1S/C58H45N/c1-57(2)51-20-12-10-18-48(51)50-37-46(34-35-53(50)57)59(44-30-26-40(27-31-44)38-14-6-5-7-15-38)45-32-28-41(29-33-45)39-22-24-42(25-23-39)55-47-17-9-8-16-43(47)36-54-56(55)49-19-11-13-21-52(49)58(54,3)4/h5-37H,1-4H3. The Morgan fingerprint density at radius 2 is 0.763 bits per heavy atom. The van der Waals surface area contributed by atoms with Crippen molar-refractivity contribution in [1.29, 1.82) is 0 Å². The fourth-order valence-electron chi connectivity index (χ4n) is 10.2. The maximum Gasteiger partial charge on any atom is 0.0468 e. The minimum absolute atomic E-state index is 0.0431. The van der Waals surface area contributed by atoms with E-state index in [1.807, 2.05) is 0 Å². The van der Waals surface area contributed by atoms with Gasteiger partial charge in [-0.2, -0.15) is 0 Å². The summed E-state index contributed by atoms with van der Waals surface area (Å²) in [5.74, 6) is 0. The third-order valence-electron chi connectivity index (χ3n) is 13.3. The number of nitrogens with zero attached hydrogens (tertiary/aromatic N) is 1. The summed E-state index contributed by atoms with van der Waals surface area (Å²) in [5, 5.41) is 2.59. The molecule has 2 aliphatic rings. The SMILES string of the molecule is CC1(C)c2ccccc2-c2cc(N(c3ccc(-c4ccccc4)cc3)c3ccc(-c4ccc(-c5c6c(cc7ccccc57)C(C)(C)c5ccccc5-6)cc4)cc3)ccc21. The van der Waals surface area contributed by atoms with Crippen molar-refractivity contribution in [1.82, 2.24) is 0 Å². The molecule has 1 heteroatoms. The highest BCUT2D eigenvalue weighted by atomic mass is 15.1. The molecule has 0 atom stereocenters. The second kappa shape index (κ2) is 13.3. The van der Waals surface area contributed by atoms with Gasteiger partial charge in [-0.25, -0.2) is 0 Å². The quantitative estimate of drug-likeness (QED) is 0.163. The van der Waals surface area contributed by atoms with E-state index in [4.69, 9.17) is 0 Å². The van der Waals surface area contributed by atoms with E-state index in [1.54, 1.807) is 0 Å². The molecule has 0 unspecified atom stereocenters. The number of fused-ring (bicyclic) bond motifs is 7. The summed E-state index contributed by atoms with van der Waals surface area (Å²) in [6.07, 6.45) is 0. The van der Waals surface area contributed by atoms with Crippen LogP contribution in [0.1, 0.15) is 49.9 Å². The summed E-state index contributed by atoms with van der Waals surface area (Å²) in [6, 6.07) is 74.1. The van der Waals surface area contributed by atoms with Gasteiger partial charge in [0.25, 0.3) is 0 Å². The van der Waals surface area contributed by atoms with Gasteiger partial charge in [0.05, 0.1) is 0 Å². The Hall–Kier alpha value is -6.96. The van der Waals surface area contributed by atoms with Gasteiger partial charge >= 0.3 is 0 Å². The summed E-state index contributed by atoms with van der Waals surface area (Å²) < 4.78 is 0. The summed E-state index contributed by atoms with van der Waals surface area (Å²) in [6.45, 7) is 9.43. The molecule has 59 heavy (non-hydrogen) atoms. The fourth-order valence-corrected chi connectivity index (χ4v) is 10.2. The molecule has 9 aromatic carbocycles. The zero-order valence-electron chi connectivity index (χ0n) is 34.0. The topological polar surface area (TPSA) is 3.24 Å². The Morgan fingerprint density at radius 1 is 0.305 bits per heavy atom. The lowest BCUT2D eigenvalue weighted by Crippen LogP contribution is -2.15. The summed E-state index contributed by atoms with van der Waals surface area (Å²) in [4.78, 5) is 2.40. The zero-order valence-corrected chi connectivity index (χ0v) is 34.0. The molecular weight excluding hydrogens is 711 g/mol. The van der Waals surface area contributed by atoms with E-state index in [1.165, 1.54) is 88.7 Å². The highest BCUT2D eigenvalue weighted by Gasteiger charge is 2.38. The first-order valence-corrected chi connectivity index (χ1v) is 20.8. The van der Waals surface area contributed by atoms with E-state index in [9.17, 15) is 0 Å². The normalized spacial score (nSPS) is 14.0. The van der Waals surface area contributed by atoms with Gasteiger partial charge in [0.15, 0.2) is 0 Å². The number of hydrogen-bond acceptors (Lipinski definition) is 1. The third kappa shape index (κ3) is 5.53. The molecule has 0 fully saturated rings. The molecule has 0 N–H and O–H groups in total. The monoisotopic (exact) mass is 755 g/mol. The van der Waals surface area contributed by atoms with Crippen LogP contribution in [-0.2, 0) is 10.8 Å². The van der Waals surface area contributed by atoms with Gasteiger partial charge < -0.3 is 4.90 Å². The van der Waals surface area contributed by atoms with Crippen LogP contribution in [0.25, 0.3) is 66.4 Å². The lowest BCUT2D eigenvalue weighted by atomic mass is 9.80. The Morgan fingerprint density at radius 3 is 1.42 bits per heavy atom. The second-order valence-corrected chi connectivity index (χ2v) is 17.3. The van der Waals surface area contributed by atoms with E-state index in [2.05, 4.69) is 233 Å². The molecule has 282 valence electrons. The van der Waals surface area contributed by atoms with Crippen LogP contribution in [0.4, 0.5) is 17.1 Å². The molecule has 2 aliphatic carbocycles. The molecule has 0 heterocycles. The van der Waals surface area contributed by atoms with E-state index < -0.39 is 0 Å². The van der Waals surface area contributed by atoms with E-state index in [0.29, 0.717) is 0 Å². The lowest BCUT2D eigenvalue weighted by Gasteiger charge is -2.27. The predicted molar refractivity (Wildman–Crippen MR) is 250 cm³/mol. The van der Waals surface area contributed by atoms with Gasteiger partial charge in [-0.1, -0.05) is 185 Å². The number of anilines is 3. The van der Waals surface area contributed by atoms with Crippen LogP contribution in [0.5, 0.6) is 0 Å². The first-order chi connectivity index (χ1) is 28.8. The van der Waals surface area contributed by atoms with Crippen LogP contribution in [0.3, 0.4) is 0 Å². The minimum atomic E-state index is -0.0644. The van der Waals surface area contributed by atoms with Crippen LogP contribution in [-0.4, -0.2) is 0 Å². The smallest absolute Gasteiger partial charge is 0.0468 e. The average Bonchev–Trinajstić information content (AvgIpc) is 3.65. The summed E-state index contributed by atoms with van der Waals surface area (Å²) in [7, 11) is 0. The number of benzene rings is 9. The van der Waals surface area contributed by atoms with Gasteiger partial charge in [-0.15, -0.1) is 0 Å². The van der Waals surface area contributed by atoms with Crippen LogP contribution in [0.15, 0.2) is 200 Å². The largest absolute Gasteiger partial charge is 0.310 e. The molecule has 0 amide bonds. The molecule has 0 bridgehead atoms. The first-order valence-electron chi connectivity index (χ1n) is 20.8. The van der Waals surface area contributed by atoms with Crippen molar-refractivity contribution in [2.45, 2.75) is 38.5 Å². The van der Waals surface area contributed by atoms with E-state index in [0.717, 1.165) is 17.1 Å². The maximum absolute atomic E-state index is 2.42. The van der Waals surface area contributed by atoms with Crippen molar-refractivity contribution in [3.63, 3.8) is 0 Å². The number of rotatable bonds is 6. The van der Waals surface area contributed by atoms with Gasteiger partial charge in [-0.3, -0.25) is 0 Å². The average molecular weight is 756 g/mol. The molecule has 0 saturated carbocycles. The van der Waals surface area contributed by atoms with Gasteiger partial charge in [0.2, 0.25) is 0 Å². The maximum atomic E-state index is 2.42. The van der Waals surface area contributed by atoms with Crippen molar-refractivity contribution in [3.8, 4) is 55.6 Å². The predicted octanol–water partition coefficient (Wildman–Crippen LogP) is 15.9. The Labute approximate surface area is 347 Å². The van der Waals surface area contributed by atoms with Crippen LogP contribution in [0, 0.1) is 0 Å². The minimum Gasteiger partial charge on any atom is -0.310 e. The summed E-state index contributed by atoms with van der Waals surface area (Å²) >= 11 is 0. The highest BCUT2D eigenvalue weighted by Crippen LogP contribution is 2.55. The molecule has 0 aliphatic heterocycles. The van der Waals surface area contributed by atoms with Crippen molar-refractivity contribution < 1.29 is 0 Å². The molecular formula is C58H45N.